The summed E-state index contributed by atoms with van der Waals surface area (Å²) in [5.41, 5.74) is 0.345. The average molecular weight is 448 g/mol. The second kappa shape index (κ2) is 8.54. The number of fused-ring (bicyclic) bond motifs is 1. The van der Waals surface area contributed by atoms with Crippen LogP contribution in [0, 0.1) is 0 Å². The summed E-state index contributed by atoms with van der Waals surface area (Å²) < 4.78 is 36.9. The maximum atomic E-state index is 13.2. The molecule has 2 N–H and O–H groups in total. The van der Waals surface area contributed by atoms with Gasteiger partial charge in [-0.05, 0) is 63.4 Å². The predicted molar refractivity (Wildman–Crippen MR) is 114 cm³/mol. The van der Waals surface area contributed by atoms with E-state index in [2.05, 4.69) is 15.6 Å². The molecule has 31 heavy (non-hydrogen) atoms. The molecule has 166 valence electrons. The first-order valence-corrected chi connectivity index (χ1v) is 11.2. The van der Waals surface area contributed by atoms with Crippen LogP contribution in [0.15, 0.2) is 41.6 Å². The number of hydrogen-bond acceptors (Lipinski definition) is 7. The van der Waals surface area contributed by atoms with Crippen LogP contribution in [0.4, 0.5) is 10.5 Å². The van der Waals surface area contributed by atoms with E-state index < -0.39 is 32.8 Å². The number of benzene rings is 1. The summed E-state index contributed by atoms with van der Waals surface area (Å²) in [6.45, 7) is 5.08. The number of alkyl carbamates (subject to hydrolysis) is 1. The lowest BCUT2D eigenvalue weighted by Crippen LogP contribution is -2.45. The van der Waals surface area contributed by atoms with E-state index in [1.54, 1.807) is 39.0 Å². The highest BCUT2D eigenvalue weighted by molar-refractivity contribution is 7.92. The van der Waals surface area contributed by atoms with Gasteiger partial charge in [-0.3, -0.25) is 9.78 Å². The first-order valence-electron chi connectivity index (χ1n) is 9.67. The number of hydrogen-bond donors (Lipinski definition) is 2. The lowest BCUT2D eigenvalue weighted by molar-refractivity contribution is 0.0517. The monoisotopic (exact) mass is 447 g/mol. The second-order valence-corrected chi connectivity index (χ2v) is 10.2. The number of methoxy groups -OCH3 is 1. The van der Waals surface area contributed by atoms with Crippen molar-refractivity contribution in [1.29, 1.82) is 0 Å². The van der Waals surface area contributed by atoms with Crippen molar-refractivity contribution in [3.63, 3.8) is 0 Å². The van der Waals surface area contributed by atoms with Crippen LogP contribution in [0.2, 0.25) is 0 Å². The fraction of sp³-hybridized carbons (Fsp3) is 0.381. The van der Waals surface area contributed by atoms with Crippen molar-refractivity contribution in [2.75, 3.05) is 12.4 Å². The predicted octanol–water partition coefficient (Wildman–Crippen LogP) is 2.91. The van der Waals surface area contributed by atoms with Gasteiger partial charge < -0.3 is 20.1 Å². The highest BCUT2D eigenvalue weighted by Crippen LogP contribution is 2.34. The van der Waals surface area contributed by atoms with E-state index in [4.69, 9.17) is 9.47 Å². The molecule has 2 aromatic rings. The average Bonchev–Trinajstić information content (AvgIpc) is 2.68. The van der Waals surface area contributed by atoms with Crippen LogP contribution in [-0.4, -0.2) is 43.5 Å². The van der Waals surface area contributed by atoms with Gasteiger partial charge in [0.15, 0.2) is 9.84 Å². The van der Waals surface area contributed by atoms with Gasteiger partial charge in [0.2, 0.25) is 0 Å². The topological polar surface area (TPSA) is 124 Å². The summed E-state index contributed by atoms with van der Waals surface area (Å²) in [7, 11) is -2.53. The number of pyridine rings is 1. The summed E-state index contributed by atoms with van der Waals surface area (Å²) in [5, 5.41) is 3.98. The maximum Gasteiger partial charge on any atom is 0.408 e. The number of rotatable bonds is 4. The van der Waals surface area contributed by atoms with E-state index in [1.165, 1.54) is 25.6 Å². The third kappa shape index (κ3) is 5.13. The van der Waals surface area contributed by atoms with Gasteiger partial charge in [-0.1, -0.05) is 0 Å². The second-order valence-electron chi connectivity index (χ2n) is 8.07. The number of aromatic nitrogens is 1. The number of nitrogens with one attached hydrogen (secondary N) is 2. The zero-order chi connectivity index (χ0) is 22.8. The van der Waals surface area contributed by atoms with Gasteiger partial charge in [0, 0.05) is 18.1 Å². The van der Waals surface area contributed by atoms with E-state index in [9.17, 15) is 18.0 Å². The first-order chi connectivity index (χ1) is 14.5. The number of nitrogens with zero attached hydrogens (tertiary/aromatic N) is 1. The molecule has 1 aromatic carbocycles. The molecular weight excluding hydrogens is 422 g/mol. The van der Waals surface area contributed by atoms with E-state index in [1.807, 2.05) is 0 Å². The van der Waals surface area contributed by atoms with Crippen LogP contribution in [0.25, 0.3) is 0 Å². The summed E-state index contributed by atoms with van der Waals surface area (Å²) in [4.78, 5) is 28.8. The largest absolute Gasteiger partial charge is 0.496 e. The minimum Gasteiger partial charge on any atom is -0.496 e. The third-order valence-electron chi connectivity index (χ3n) is 4.60. The maximum absolute atomic E-state index is 13.2. The van der Waals surface area contributed by atoms with Crippen molar-refractivity contribution < 1.29 is 27.5 Å². The molecule has 1 aliphatic rings. The zero-order valence-electron chi connectivity index (χ0n) is 17.8. The molecule has 2 amide bonds. The summed E-state index contributed by atoms with van der Waals surface area (Å²) in [6, 6.07) is 6.07. The minimum atomic E-state index is -3.94. The van der Waals surface area contributed by atoms with Crippen molar-refractivity contribution in [3.05, 3.63) is 47.8 Å². The quantitative estimate of drug-likeness (QED) is 0.738. The van der Waals surface area contributed by atoms with Crippen LogP contribution >= 0.6 is 0 Å². The van der Waals surface area contributed by atoms with Crippen LogP contribution in [0.3, 0.4) is 0 Å². The fourth-order valence-electron chi connectivity index (χ4n) is 3.23. The van der Waals surface area contributed by atoms with Crippen molar-refractivity contribution >= 4 is 27.5 Å². The van der Waals surface area contributed by atoms with Crippen LogP contribution in [0.5, 0.6) is 5.75 Å². The van der Waals surface area contributed by atoms with Gasteiger partial charge in [-0.2, -0.15) is 0 Å². The molecule has 3 rings (SSSR count). The van der Waals surface area contributed by atoms with Crippen molar-refractivity contribution in [2.24, 2.45) is 0 Å². The molecule has 1 aliphatic heterocycles. The number of aryl methyl sites for hydroxylation is 1. The Labute approximate surface area is 181 Å². The molecule has 0 spiro atoms. The summed E-state index contributed by atoms with van der Waals surface area (Å²) >= 11 is 0. The Bertz CT molecular complexity index is 1090. The Morgan fingerprint density at radius 3 is 2.45 bits per heavy atom. The lowest BCUT2D eigenvalue weighted by Gasteiger charge is -2.28. The van der Waals surface area contributed by atoms with Crippen LogP contribution in [-0.2, 0) is 21.0 Å². The third-order valence-corrected chi connectivity index (χ3v) is 6.70. The van der Waals surface area contributed by atoms with Gasteiger partial charge in [-0.25, -0.2) is 13.2 Å². The molecule has 10 heteroatoms. The summed E-state index contributed by atoms with van der Waals surface area (Å²) in [6.07, 6.45) is 2.81. The van der Waals surface area contributed by atoms with Crippen molar-refractivity contribution in [3.8, 4) is 5.75 Å². The van der Waals surface area contributed by atoms with Gasteiger partial charge >= 0.3 is 6.09 Å². The molecule has 1 aromatic heterocycles. The first kappa shape index (κ1) is 22.5. The molecule has 0 fully saturated rings. The normalized spacial score (nSPS) is 17.2. The van der Waals surface area contributed by atoms with Gasteiger partial charge in [0.25, 0.3) is 5.91 Å². The Hall–Kier alpha value is -3.14. The SMILES string of the molecule is COc1cc2c(cc1C(=O)Nc1ccncc1)S(=O)(=O)C(NC(=O)OC(C)(C)C)CC2. The molecule has 0 aliphatic carbocycles. The number of anilines is 1. The Morgan fingerprint density at radius 1 is 1.16 bits per heavy atom. The van der Waals surface area contributed by atoms with Crippen molar-refractivity contribution in [1.82, 2.24) is 10.3 Å². The molecule has 0 bridgehead atoms. The van der Waals surface area contributed by atoms with Crippen LogP contribution < -0.4 is 15.4 Å². The highest BCUT2D eigenvalue weighted by Gasteiger charge is 2.37. The standard InChI is InChI=1S/C21H25N3O6S/c1-21(2,3)30-20(26)24-18-6-5-13-11-16(29-4)15(12-17(13)31(18,27)28)19(25)23-14-7-9-22-10-8-14/h7-12,18H,5-6H2,1-4H3,(H,24,26)(H,22,23,25). The molecule has 9 nitrogen and oxygen atoms in total. The molecule has 0 saturated carbocycles. The lowest BCUT2D eigenvalue weighted by atomic mass is 10.0. The number of sulfone groups is 1. The Kier molecular flexibility index (Phi) is 6.21. The Balaban J connectivity index is 1.92. The zero-order valence-corrected chi connectivity index (χ0v) is 18.6. The van der Waals surface area contributed by atoms with E-state index in [0.29, 0.717) is 17.7 Å². The number of amides is 2. The number of carbonyl (C=O) groups excluding carboxylic acids is 2. The highest BCUT2D eigenvalue weighted by atomic mass is 32.2. The van der Waals surface area contributed by atoms with Gasteiger partial charge in [-0.15, -0.1) is 0 Å². The van der Waals surface area contributed by atoms with Gasteiger partial charge in [0.05, 0.1) is 17.6 Å². The fourth-order valence-corrected chi connectivity index (χ4v) is 5.02. The summed E-state index contributed by atoms with van der Waals surface area (Å²) in [5.74, 6) is -0.262. The van der Waals surface area contributed by atoms with Crippen LogP contribution in [0.1, 0.15) is 43.1 Å². The molecule has 1 atom stereocenters. The molecule has 0 radical (unpaired) electrons. The Morgan fingerprint density at radius 2 is 1.84 bits per heavy atom. The van der Waals surface area contributed by atoms with Gasteiger partial charge in [0.1, 0.15) is 16.7 Å². The van der Waals surface area contributed by atoms with E-state index in [-0.39, 0.29) is 22.6 Å². The molecular formula is C21H25N3O6S. The molecule has 0 saturated heterocycles. The molecule has 1 unspecified atom stereocenters. The molecule has 2 heterocycles. The van der Waals surface area contributed by atoms with E-state index >= 15 is 0 Å². The van der Waals surface area contributed by atoms with Crippen molar-refractivity contribution in [2.45, 2.75) is 49.5 Å². The number of carbonyl (C=O) groups is 2. The minimum absolute atomic E-state index is 0.0134. The van der Waals surface area contributed by atoms with E-state index in [0.717, 1.165) is 0 Å². The number of ether oxygens (including phenoxy) is 2. The smallest absolute Gasteiger partial charge is 0.408 e.